The van der Waals surface area contributed by atoms with E-state index in [-0.39, 0.29) is 4.42 Å². The minimum Gasteiger partial charge on any atom is -0.632 e. The molecule has 0 saturated carbocycles. The van der Waals surface area contributed by atoms with Gasteiger partial charge in [0.15, 0.2) is 0 Å². The summed E-state index contributed by atoms with van der Waals surface area (Å²) in [6.07, 6.45) is 0. The SMILES string of the molecule is CNC.CNC.C[N+](C)([O-])P.c1ccc2n[nH]nc2c1. The molecule has 1 atom stereocenters. The molecule has 0 aliphatic carbocycles. The second kappa shape index (κ2) is 12.9. The van der Waals surface area contributed by atoms with E-state index in [1.165, 1.54) is 14.1 Å². The third-order valence-corrected chi connectivity index (χ3v) is 1.22. The first-order valence-corrected chi connectivity index (χ1v) is 6.57. The molecule has 7 nitrogen and oxygen atoms in total. The number of aromatic nitrogens is 3. The second-order valence-corrected chi connectivity index (χ2v) is 5.49. The van der Waals surface area contributed by atoms with Crippen molar-refractivity contribution in [1.82, 2.24) is 26.0 Å². The Bertz CT molecular complexity index is 391. The molecule has 8 heteroatoms. The lowest BCUT2D eigenvalue weighted by atomic mass is 10.3. The van der Waals surface area contributed by atoms with E-state index in [2.05, 4.69) is 35.4 Å². The van der Waals surface area contributed by atoms with Crippen molar-refractivity contribution in [3.05, 3.63) is 29.5 Å². The van der Waals surface area contributed by atoms with Gasteiger partial charge in [0.05, 0.1) is 23.5 Å². The molecule has 2 aromatic rings. The van der Waals surface area contributed by atoms with Crippen LogP contribution in [0.4, 0.5) is 0 Å². The fraction of sp³-hybridized carbons (Fsp3) is 0.500. The van der Waals surface area contributed by atoms with Gasteiger partial charge in [0.25, 0.3) is 0 Å². The first-order valence-electron chi connectivity index (χ1n) is 6.06. The minimum absolute atomic E-state index is 0.333. The van der Waals surface area contributed by atoms with E-state index in [1.54, 1.807) is 0 Å². The highest BCUT2D eigenvalue weighted by atomic mass is 31.0. The summed E-state index contributed by atoms with van der Waals surface area (Å²) in [5.41, 5.74) is 1.83. The van der Waals surface area contributed by atoms with Gasteiger partial charge in [0, 0.05) is 0 Å². The fourth-order valence-electron chi connectivity index (χ4n) is 0.786. The van der Waals surface area contributed by atoms with Gasteiger partial charge in [-0.1, -0.05) is 12.1 Å². The molecule has 0 saturated heterocycles. The van der Waals surface area contributed by atoms with Gasteiger partial charge in [-0.2, -0.15) is 15.4 Å². The Balaban J connectivity index is 0. The van der Waals surface area contributed by atoms with Gasteiger partial charge in [-0.15, -0.1) is 0 Å². The molecule has 1 aromatic carbocycles. The van der Waals surface area contributed by atoms with Crippen LogP contribution in [0, 0.1) is 5.21 Å². The highest BCUT2D eigenvalue weighted by molar-refractivity contribution is 7.08. The highest BCUT2D eigenvalue weighted by Crippen LogP contribution is 2.03. The molecule has 0 bridgehead atoms. The van der Waals surface area contributed by atoms with Crippen molar-refractivity contribution in [3.8, 4) is 0 Å². The van der Waals surface area contributed by atoms with Gasteiger partial charge in [0.2, 0.25) is 0 Å². The molecule has 0 aliphatic rings. The van der Waals surface area contributed by atoms with Crippen LogP contribution in [0.25, 0.3) is 11.0 Å². The molecule has 0 aliphatic heterocycles. The molecule has 2 rings (SSSR count). The van der Waals surface area contributed by atoms with Crippen LogP contribution in [0.3, 0.4) is 0 Å². The number of nitrogens with one attached hydrogen (secondary N) is 3. The van der Waals surface area contributed by atoms with Crippen LogP contribution < -0.4 is 10.6 Å². The molecule has 1 aromatic heterocycles. The Labute approximate surface area is 123 Å². The molecule has 0 radical (unpaired) electrons. The molecule has 1 unspecified atom stereocenters. The van der Waals surface area contributed by atoms with Crippen molar-refractivity contribution in [3.63, 3.8) is 0 Å². The summed E-state index contributed by atoms with van der Waals surface area (Å²) in [5.74, 6) is 0. The number of rotatable bonds is 0. The van der Waals surface area contributed by atoms with Crippen molar-refractivity contribution >= 4 is 20.4 Å². The average molecular weight is 302 g/mol. The number of hydrogen-bond acceptors (Lipinski definition) is 5. The topological polar surface area (TPSA) is 88.7 Å². The van der Waals surface area contributed by atoms with Gasteiger partial charge in [-0.3, -0.25) is 0 Å². The molecule has 3 N–H and O–H groups in total. The predicted octanol–water partition coefficient (Wildman–Crippen LogP) is 0.980. The number of hydroxylamine groups is 2. The van der Waals surface area contributed by atoms with E-state index in [4.69, 9.17) is 0 Å². The summed E-state index contributed by atoms with van der Waals surface area (Å²) >= 11 is 0. The number of quaternary nitrogens is 1. The van der Waals surface area contributed by atoms with Gasteiger partial charge >= 0.3 is 0 Å². The van der Waals surface area contributed by atoms with E-state index in [1.807, 2.05) is 52.5 Å². The van der Waals surface area contributed by atoms with E-state index in [9.17, 15) is 5.21 Å². The molecule has 1 heterocycles. The molecular formula is C12H27N6OP. The largest absolute Gasteiger partial charge is 0.632 e. The van der Waals surface area contributed by atoms with Crippen molar-refractivity contribution in [2.75, 3.05) is 42.3 Å². The number of hydrogen-bond donors (Lipinski definition) is 3. The molecule has 20 heavy (non-hydrogen) atoms. The smallest absolute Gasteiger partial charge is 0.112 e. The van der Waals surface area contributed by atoms with E-state index < -0.39 is 0 Å². The lowest BCUT2D eigenvalue weighted by Gasteiger charge is -2.26. The van der Waals surface area contributed by atoms with Gasteiger partial charge in [0.1, 0.15) is 11.0 Å². The van der Waals surface area contributed by atoms with E-state index in [0.717, 1.165) is 11.0 Å². The molecular weight excluding hydrogens is 275 g/mol. The lowest BCUT2D eigenvalue weighted by Crippen LogP contribution is -2.15. The third kappa shape index (κ3) is 16.9. The molecule has 0 fully saturated rings. The van der Waals surface area contributed by atoms with Gasteiger partial charge in [-0.05, 0) is 40.3 Å². The normalized spacial score (nSPS) is 9.40. The monoisotopic (exact) mass is 302 g/mol. The maximum absolute atomic E-state index is 10.0. The number of para-hydroxylation sites is 2. The average Bonchev–Trinajstić information content (AvgIpc) is 2.76. The third-order valence-electron chi connectivity index (χ3n) is 1.22. The first-order chi connectivity index (χ1) is 9.29. The van der Waals surface area contributed by atoms with Crippen LogP contribution in [-0.2, 0) is 0 Å². The number of fused-ring (bicyclic) bond motifs is 1. The van der Waals surface area contributed by atoms with E-state index >= 15 is 0 Å². The summed E-state index contributed by atoms with van der Waals surface area (Å²) in [6, 6.07) is 7.70. The van der Waals surface area contributed by atoms with Crippen LogP contribution >= 0.6 is 9.39 Å². The van der Waals surface area contributed by atoms with Crippen LogP contribution in [0.1, 0.15) is 0 Å². The number of nitrogens with zero attached hydrogens (tertiary/aromatic N) is 3. The summed E-state index contributed by atoms with van der Waals surface area (Å²) in [7, 11) is 12.7. The van der Waals surface area contributed by atoms with Crippen molar-refractivity contribution in [2.24, 2.45) is 0 Å². The molecule has 0 spiro atoms. The summed E-state index contributed by atoms with van der Waals surface area (Å²) in [5, 5.41) is 25.8. The lowest BCUT2D eigenvalue weighted by molar-refractivity contribution is -0.696. The number of benzene rings is 1. The van der Waals surface area contributed by atoms with Gasteiger partial charge < -0.3 is 20.3 Å². The summed E-state index contributed by atoms with van der Waals surface area (Å²) in [6.45, 7) is 0. The van der Waals surface area contributed by atoms with Crippen LogP contribution in [0.2, 0.25) is 0 Å². The zero-order valence-corrected chi connectivity index (χ0v) is 14.3. The Morgan fingerprint density at radius 2 is 1.25 bits per heavy atom. The van der Waals surface area contributed by atoms with Crippen molar-refractivity contribution in [2.45, 2.75) is 0 Å². The minimum atomic E-state index is -0.333. The van der Waals surface area contributed by atoms with Crippen LogP contribution in [0.15, 0.2) is 24.3 Å². The second-order valence-electron chi connectivity index (χ2n) is 4.25. The van der Waals surface area contributed by atoms with Crippen LogP contribution in [0.5, 0.6) is 0 Å². The summed E-state index contributed by atoms with van der Waals surface area (Å²) in [4.78, 5) is 0. The fourth-order valence-corrected chi connectivity index (χ4v) is 0.786. The standard InChI is InChI=1S/C6H5N3.C2H8NOP.2C2H7N/c1-2-4-6-5(3-1)7-9-8-6;1-3(2,4)5;2*1-3-2/h1-4H,(H,7,8,9);5H2,1-2H3;2*3H,1-2H3. The quantitative estimate of drug-likeness (QED) is 0.499. The predicted molar refractivity (Wildman–Crippen MR) is 89.0 cm³/mol. The zero-order valence-electron chi connectivity index (χ0n) is 13.1. The Morgan fingerprint density at radius 3 is 1.50 bits per heavy atom. The van der Waals surface area contributed by atoms with Gasteiger partial charge in [-0.25, -0.2) is 0 Å². The number of aromatic amines is 1. The number of H-pyrrole nitrogens is 1. The summed E-state index contributed by atoms with van der Waals surface area (Å²) < 4.78 is -0.333. The van der Waals surface area contributed by atoms with Crippen LogP contribution in [-0.4, -0.2) is 62.1 Å². The maximum atomic E-state index is 10.0. The maximum Gasteiger partial charge on any atom is 0.112 e. The highest BCUT2D eigenvalue weighted by Gasteiger charge is 1.90. The van der Waals surface area contributed by atoms with E-state index in [0.29, 0.717) is 0 Å². The first kappa shape index (κ1) is 21.2. The molecule has 116 valence electrons. The Hall–Kier alpha value is -1.11. The Morgan fingerprint density at radius 1 is 1.00 bits per heavy atom. The Kier molecular flexibility index (Phi) is 13.7. The molecule has 0 amide bonds. The van der Waals surface area contributed by atoms with Crippen molar-refractivity contribution in [1.29, 1.82) is 0 Å². The van der Waals surface area contributed by atoms with Crippen molar-refractivity contribution < 1.29 is 4.42 Å². The zero-order chi connectivity index (χ0) is 16.0.